The minimum absolute atomic E-state index is 0.0370. The van der Waals surface area contributed by atoms with Gasteiger partial charge in [0.2, 0.25) is 17.7 Å². The molecular formula is C25H23N3O3. The number of carbonyl (C=O) groups is 2. The summed E-state index contributed by atoms with van der Waals surface area (Å²) >= 11 is 0. The largest absolute Gasteiger partial charge is 0.438 e. The van der Waals surface area contributed by atoms with Gasteiger partial charge in [0.05, 0.1) is 5.92 Å². The number of hydrogen-bond acceptors (Lipinski definition) is 4. The molecule has 3 aromatic rings. The SMILES string of the molecule is CC(C)N1CC(C(=O)Nc2oc(-c3ccccc3)c(-c3ccccc3)c2C#N)CC1=O. The molecular weight excluding hydrogens is 390 g/mol. The van der Waals surface area contributed by atoms with Crippen molar-refractivity contribution in [2.24, 2.45) is 5.92 Å². The average Bonchev–Trinajstić information content (AvgIpc) is 3.35. The van der Waals surface area contributed by atoms with Crippen LogP contribution in [0.15, 0.2) is 65.1 Å². The standard InChI is InChI=1S/C25H23N3O3/c1-16(2)28-15-19(13-21(28)29)24(30)27-25-20(14-26)22(17-9-5-3-6-10-17)23(31-25)18-11-7-4-8-12-18/h3-12,16,19H,13,15H2,1-2H3,(H,27,30). The first-order valence-electron chi connectivity index (χ1n) is 10.3. The van der Waals surface area contributed by atoms with Crippen LogP contribution in [0.25, 0.3) is 22.5 Å². The van der Waals surface area contributed by atoms with Gasteiger partial charge >= 0.3 is 0 Å². The Morgan fingerprint density at radius 3 is 2.26 bits per heavy atom. The molecule has 1 aromatic heterocycles. The number of amides is 2. The van der Waals surface area contributed by atoms with Gasteiger partial charge in [-0.05, 0) is 19.4 Å². The van der Waals surface area contributed by atoms with Crippen LogP contribution in [0.3, 0.4) is 0 Å². The minimum Gasteiger partial charge on any atom is -0.438 e. The van der Waals surface area contributed by atoms with Crippen LogP contribution in [0.1, 0.15) is 25.8 Å². The fraction of sp³-hybridized carbons (Fsp3) is 0.240. The molecule has 0 saturated carbocycles. The van der Waals surface area contributed by atoms with Gasteiger partial charge in [-0.25, -0.2) is 0 Å². The summed E-state index contributed by atoms with van der Waals surface area (Å²) in [5.41, 5.74) is 2.53. The summed E-state index contributed by atoms with van der Waals surface area (Å²) in [4.78, 5) is 26.8. The van der Waals surface area contributed by atoms with E-state index >= 15 is 0 Å². The normalized spacial score (nSPS) is 15.9. The van der Waals surface area contributed by atoms with Crippen molar-refractivity contribution in [3.05, 3.63) is 66.2 Å². The third-order valence-corrected chi connectivity index (χ3v) is 5.51. The number of benzene rings is 2. The lowest BCUT2D eigenvalue weighted by atomic mass is 9.98. The zero-order valence-electron chi connectivity index (χ0n) is 17.5. The van der Waals surface area contributed by atoms with Gasteiger partial charge in [-0.1, -0.05) is 60.7 Å². The second-order valence-corrected chi connectivity index (χ2v) is 7.88. The summed E-state index contributed by atoms with van der Waals surface area (Å²) < 4.78 is 6.06. The molecule has 6 nitrogen and oxygen atoms in total. The first-order valence-corrected chi connectivity index (χ1v) is 10.3. The van der Waals surface area contributed by atoms with E-state index in [1.807, 2.05) is 74.5 Å². The highest BCUT2D eigenvalue weighted by Crippen LogP contribution is 2.41. The highest BCUT2D eigenvalue weighted by atomic mass is 16.4. The van der Waals surface area contributed by atoms with Gasteiger partial charge in [0.1, 0.15) is 17.4 Å². The number of carbonyl (C=O) groups excluding carboxylic acids is 2. The van der Waals surface area contributed by atoms with Crippen molar-refractivity contribution in [3.63, 3.8) is 0 Å². The maximum absolute atomic E-state index is 12.9. The number of likely N-dealkylation sites (tertiary alicyclic amines) is 1. The Kier molecular flexibility index (Phi) is 5.59. The first kappa shape index (κ1) is 20.4. The maximum Gasteiger partial charge on any atom is 0.232 e. The van der Waals surface area contributed by atoms with Crippen LogP contribution in [-0.2, 0) is 9.59 Å². The number of anilines is 1. The van der Waals surface area contributed by atoms with Crippen molar-refractivity contribution < 1.29 is 14.0 Å². The minimum atomic E-state index is -0.480. The summed E-state index contributed by atoms with van der Waals surface area (Å²) in [5.74, 6) is -0.205. The summed E-state index contributed by atoms with van der Waals surface area (Å²) in [6.07, 6.45) is 0.156. The zero-order chi connectivity index (χ0) is 22.0. The summed E-state index contributed by atoms with van der Waals surface area (Å²) in [7, 11) is 0. The molecule has 0 aliphatic carbocycles. The van der Waals surface area contributed by atoms with E-state index in [1.165, 1.54) is 0 Å². The van der Waals surface area contributed by atoms with Gasteiger partial charge in [-0.2, -0.15) is 5.26 Å². The molecule has 0 radical (unpaired) electrons. The number of hydrogen-bond donors (Lipinski definition) is 1. The number of rotatable bonds is 5. The third-order valence-electron chi connectivity index (χ3n) is 5.51. The van der Waals surface area contributed by atoms with Gasteiger partial charge in [0, 0.05) is 30.1 Å². The van der Waals surface area contributed by atoms with Crippen LogP contribution in [-0.4, -0.2) is 29.3 Å². The molecule has 1 saturated heterocycles. The van der Waals surface area contributed by atoms with Gasteiger partial charge < -0.3 is 9.32 Å². The van der Waals surface area contributed by atoms with Gasteiger partial charge in [0.25, 0.3) is 0 Å². The van der Waals surface area contributed by atoms with Crippen molar-refractivity contribution in [1.82, 2.24) is 4.90 Å². The Bertz CT molecular complexity index is 1140. The second kappa shape index (κ2) is 8.49. The maximum atomic E-state index is 12.9. The van der Waals surface area contributed by atoms with E-state index in [0.29, 0.717) is 17.9 Å². The predicted octanol–water partition coefficient (Wildman–Crippen LogP) is 4.68. The van der Waals surface area contributed by atoms with Crippen LogP contribution in [0.5, 0.6) is 0 Å². The third kappa shape index (κ3) is 3.95. The molecule has 0 spiro atoms. The molecule has 31 heavy (non-hydrogen) atoms. The van der Waals surface area contributed by atoms with Crippen LogP contribution < -0.4 is 5.32 Å². The van der Waals surface area contributed by atoms with Crippen molar-refractivity contribution in [1.29, 1.82) is 5.26 Å². The molecule has 1 fully saturated rings. The average molecular weight is 413 g/mol. The Balaban J connectivity index is 1.72. The molecule has 2 aromatic carbocycles. The number of nitrogens with zero attached hydrogens (tertiary/aromatic N) is 2. The lowest BCUT2D eigenvalue weighted by molar-refractivity contribution is -0.129. The van der Waals surface area contributed by atoms with Crippen LogP contribution in [0.4, 0.5) is 5.88 Å². The van der Waals surface area contributed by atoms with E-state index in [9.17, 15) is 14.9 Å². The zero-order valence-corrected chi connectivity index (χ0v) is 17.5. The fourth-order valence-electron chi connectivity index (χ4n) is 3.92. The topological polar surface area (TPSA) is 86.3 Å². The Labute approximate surface area is 181 Å². The molecule has 1 N–H and O–H groups in total. The molecule has 1 aliphatic heterocycles. The molecule has 0 bridgehead atoms. The molecule has 1 unspecified atom stereocenters. The Morgan fingerprint density at radius 1 is 1.10 bits per heavy atom. The van der Waals surface area contributed by atoms with Crippen LogP contribution in [0.2, 0.25) is 0 Å². The number of nitrogens with one attached hydrogen (secondary N) is 1. The number of nitriles is 1. The molecule has 2 heterocycles. The smallest absolute Gasteiger partial charge is 0.232 e. The van der Waals surface area contributed by atoms with E-state index < -0.39 is 5.92 Å². The molecule has 6 heteroatoms. The monoisotopic (exact) mass is 413 g/mol. The molecule has 1 atom stereocenters. The van der Waals surface area contributed by atoms with Crippen molar-refractivity contribution >= 4 is 17.7 Å². The van der Waals surface area contributed by atoms with Crippen LogP contribution in [0, 0.1) is 17.2 Å². The highest BCUT2D eigenvalue weighted by Gasteiger charge is 2.36. The molecule has 156 valence electrons. The van der Waals surface area contributed by atoms with E-state index in [1.54, 1.807) is 4.90 Å². The quantitative estimate of drug-likeness (QED) is 0.658. The van der Waals surface area contributed by atoms with E-state index in [-0.39, 0.29) is 35.7 Å². The highest BCUT2D eigenvalue weighted by molar-refractivity contribution is 5.99. The van der Waals surface area contributed by atoms with E-state index in [0.717, 1.165) is 11.1 Å². The summed E-state index contributed by atoms with van der Waals surface area (Å²) in [6, 6.07) is 21.2. The summed E-state index contributed by atoms with van der Waals surface area (Å²) in [5, 5.41) is 12.7. The van der Waals surface area contributed by atoms with E-state index in [4.69, 9.17) is 4.42 Å². The van der Waals surface area contributed by atoms with Crippen molar-refractivity contribution in [3.8, 4) is 28.5 Å². The molecule has 2 amide bonds. The van der Waals surface area contributed by atoms with Gasteiger partial charge in [-0.15, -0.1) is 0 Å². The second-order valence-electron chi connectivity index (χ2n) is 7.88. The number of furan rings is 1. The van der Waals surface area contributed by atoms with Crippen LogP contribution >= 0.6 is 0 Å². The Morgan fingerprint density at radius 2 is 1.71 bits per heavy atom. The van der Waals surface area contributed by atoms with Crippen molar-refractivity contribution in [2.45, 2.75) is 26.3 Å². The predicted molar refractivity (Wildman–Crippen MR) is 118 cm³/mol. The van der Waals surface area contributed by atoms with Gasteiger partial charge in [0.15, 0.2) is 0 Å². The Hall–Kier alpha value is -3.85. The lowest BCUT2D eigenvalue weighted by Gasteiger charge is -2.20. The molecule has 1 aliphatic rings. The summed E-state index contributed by atoms with van der Waals surface area (Å²) in [6.45, 7) is 4.22. The van der Waals surface area contributed by atoms with Crippen molar-refractivity contribution in [2.75, 3.05) is 11.9 Å². The lowest BCUT2D eigenvalue weighted by Crippen LogP contribution is -2.33. The van der Waals surface area contributed by atoms with Gasteiger partial charge in [-0.3, -0.25) is 14.9 Å². The fourth-order valence-corrected chi connectivity index (χ4v) is 3.92. The first-order chi connectivity index (χ1) is 15.0. The molecule has 4 rings (SSSR count). The van der Waals surface area contributed by atoms with E-state index in [2.05, 4.69) is 11.4 Å².